The molecule has 2 nitrogen and oxygen atoms in total. The van der Waals surface area contributed by atoms with E-state index in [0.717, 1.165) is 19.4 Å². The predicted octanol–water partition coefficient (Wildman–Crippen LogP) is 3.18. The average molecular weight is 330 g/mol. The molecule has 1 aliphatic rings. The van der Waals surface area contributed by atoms with Crippen LogP contribution in [0.4, 0.5) is 0 Å². The molecule has 0 unspecified atom stereocenters. The van der Waals surface area contributed by atoms with Crippen LogP contribution in [-0.2, 0) is 17.2 Å². The molecule has 18 heavy (non-hydrogen) atoms. The van der Waals surface area contributed by atoms with Gasteiger partial charge in [-0.15, -0.1) is 0 Å². The summed E-state index contributed by atoms with van der Waals surface area (Å²) in [4.78, 5) is 0. The van der Waals surface area contributed by atoms with Crippen LogP contribution in [0.15, 0.2) is 22.7 Å². The van der Waals surface area contributed by atoms with E-state index < -0.39 is 10.8 Å². The second-order valence-corrected chi connectivity index (χ2v) is 7.61. The summed E-state index contributed by atoms with van der Waals surface area (Å²) in [5.41, 5.74) is 2.87. The van der Waals surface area contributed by atoms with E-state index in [1.165, 1.54) is 22.0 Å². The Balaban J connectivity index is 1.90. The van der Waals surface area contributed by atoms with Crippen molar-refractivity contribution in [1.82, 2.24) is 5.32 Å². The summed E-state index contributed by atoms with van der Waals surface area (Å²) >= 11 is 3.62. The quantitative estimate of drug-likeness (QED) is 0.898. The summed E-state index contributed by atoms with van der Waals surface area (Å²) in [6, 6.07) is 6.90. The summed E-state index contributed by atoms with van der Waals surface area (Å²) in [7, 11) is -0.710. The molecule has 1 aromatic carbocycles. The molecule has 0 saturated carbocycles. The van der Waals surface area contributed by atoms with Gasteiger partial charge in [0.1, 0.15) is 0 Å². The van der Waals surface area contributed by atoms with Crippen molar-refractivity contribution < 1.29 is 4.21 Å². The van der Waals surface area contributed by atoms with Crippen LogP contribution in [0.25, 0.3) is 0 Å². The van der Waals surface area contributed by atoms with Gasteiger partial charge in [-0.1, -0.05) is 35.0 Å². The molecule has 0 aromatic heterocycles. The zero-order valence-corrected chi connectivity index (χ0v) is 13.3. The SMILES string of the molecule is C[C@@H](CCN[C@H]1CCc2c(Br)cccc21)[S@](C)=O. The monoisotopic (exact) mass is 329 g/mol. The molecule has 0 fully saturated rings. The molecule has 1 N–H and O–H groups in total. The standard InChI is InChI=1S/C14H20BrNOS/c1-10(18(2)17)8-9-16-14-7-6-11-12(14)4-3-5-13(11)15/h3-5,10,14,16H,6-9H2,1-2H3/t10-,14-,18-/m0/s1. The van der Waals surface area contributed by atoms with Crippen molar-refractivity contribution >= 4 is 26.7 Å². The van der Waals surface area contributed by atoms with Crippen molar-refractivity contribution in [1.29, 1.82) is 0 Å². The first-order valence-corrected chi connectivity index (χ1v) is 8.84. The lowest BCUT2D eigenvalue weighted by molar-refractivity contribution is 0.518. The molecule has 0 bridgehead atoms. The maximum absolute atomic E-state index is 11.3. The lowest BCUT2D eigenvalue weighted by Gasteiger charge is -2.15. The van der Waals surface area contributed by atoms with Gasteiger partial charge >= 0.3 is 0 Å². The predicted molar refractivity (Wildman–Crippen MR) is 81.4 cm³/mol. The van der Waals surface area contributed by atoms with E-state index in [2.05, 4.69) is 46.4 Å². The molecule has 1 aliphatic carbocycles. The van der Waals surface area contributed by atoms with Gasteiger partial charge in [0.2, 0.25) is 0 Å². The third kappa shape index (κ3) is 3.22. The number of rotatable bonds is 5. The highest BCUT2D eigenvalue weighted by molar-refractivity contribution is 9.10. The van der Waals surface area contributed by atoms with E-state index in [-0.39, 0.29) is 5.25 Å². The summed E-state index contributed by atoms with van der Waals surface area (Å²) in [5, 5.41) is 3.87. The smallest absolute Gasteiger partial charge is 0.0329 e. The number of halogens is 1. The minimum atomic E-state index is -0.710. The average Bonchev–Trinajstić information content (AvgIpc) is 2.74. The van der Waals surface area contributed by atoms with Gasteiger partial charge < -0.3 is 5.32 Å². The number of nitrogens with one attached hydrogen (secondary N) is 1. The lowest BCUT2D eigenvalue weighted by atomic mass is 10.1. The van der Waals surface area contributed by atoms with Gasteiger partial charge in [0.15, 0.2) is 0 Å². The molecule has 0 spiro atoms. The number of hydrogen-bond acceptors (Lipinski definition) is 2. The summed E-state index contributed by atoms with van der Waals surface area (Å²) in [6.07, 6.45) is 5.07. The summed E-state index contributed by atoms with van der Waals surface area (Å²) in [6.45, 7) is 2.99. The molecule has 0 saturated heterocycles. The van der Waals surface area contributed by atoms with Gasteiger partial charge in [0.05, 0.1) is 0 Å². The Kier molecular flexibility index (Phi) is 4.98. The molecule has 3 atom stereocenters. The van der Waals surface area contributed by atoms with E-state index in [9.17, 15) is 4.21 Å². The highest BCUT2D eigenvalue weighted by Crippen LogP contribution is 2.35. The minimum Gasteiger partial charge on any atom is -0.310 e. The molecular weight excluding hydrogens is 310 g/mol. The molecule has 100 valence electrons. The largest absolute Gasteiger partial charge is 0.310 e. The molecule has 0 heterocycles. The molecule has 0 aliphatic heterocycles. The van der Waals surface area contributed by atoms with Crippen LogP contribution >= 0.6 is 15.9 Å². The summed E-state index contributed by atoms with van der Waals surface area (Å²) in [5.74, 6) is 0. The van der Waals surface area contributed by atoms with Gasteiger partial charge in [-0.3, -0.25) is 4.21 Å². The Morgan fingerprint density at radius 3 is 3.06 bits per heavy atom. The van der Waals surface area contributed by atoms with E-state index in [1.807, 2.05) is 0 Å². The highest BCUT2D eigenvalue weighted by Gasteiger charge is 2.23. The fraction of sp³-hybridized carbons (Fsp3) is 0.571. The van der Waals surface area contributed by atoms with Gasteiger partial charge in [-0.25, -0.2) is 0 Å². The molecule has 0 radical (unpaired) electrons. The van der Waals surface area contributed by atoms with E-state index in [1.54, 1.807) is 6.26 Å². The van der Waals surface area contributed by atoms with Crippen LogP contribution in [0.3, 0.4) is 0 Å². The van der Waals surface area contributed by atoms with Gasteiger partial charge in [-0.2, -0.15) is 0 Å². The molecule has 0 amide bonds. The van der Waals surface area contributed by atoms with Gasteiger partial charge in [0.25, 0.3) is 0 Å². The number of hydrogen-bond donors (Lipinski definition) is 1. The Morgan fingerprint density at radius 2 is 2.33 bits per heavy atom. The molecule has 2 rings (SSSR count). The first-order valence-electron chi connectivity index (χ1n) is 6.42. The Labute approximate surface area is 120 Å². The summed E-state index contributed by atoms with van der Waals surface area (Å²) < 4.78 is 12.5. The Morgan fingerprint density at radius 1 is 1.56 bits per heavy atom. The maximum atomic E-state index is 11.3. The normalized spacial score (nSPS) is 21.6. The molecule has 1 aromatic rings. The van der Waals surface area contributed by atoms with Gasteiger partial charge in [-0.05, 0) is 43.0 Å². The zero-order chi connectivity index (χ0) is 13.1. The third-order valence-corrected chi connectivity index (χ3v) is 5.83. The van der Waals surface area contributed by atoms with Crippen molar-refractivity contribution in [2.24, 2.45) is 0 Å². The van der Waals surface area contributed by atoms with Crippen LogP contribution in [0.5, 0.6) is 0 Å². The second-order valence-electron chi connectivity index (χ2n) is 4.95. The first-order chi connectivity index (χ1) is 8.59. The zero-order valence-electron chi connectivity index (χ0n) is 10.9. The lowest BCUT2D eigenvalue weighted by Crippen LogP contribution is -2.24. The van der Waals surface area contributed by atoms with Crippen molar-refractivity contribution in [2.45, 2.75) is 37.5 Å². The molecule has 4 heteroatoms. The van der Waals surface area contributed by atoms with Crippen LogP contribution in [-0.4, -0.2) is 22.3 Å². The Hall–Kier alpha value is -0.190. The highest BCUT2D eigenvalue weighted by atomic mass is 79.9. The topological polar surface area (TPSA) is 29.1 Å². The van der Waals surface area contributed by atoms with Crippen LogP contribution < -0.4 is 5.32 Å². The number of benzene rings is 1. The van der Waals surface area contributed by atoms with E-state index in [4.69, 9.17) is 0 Å². The van der Waals surface area contributed by atoms with Crippen molar-refractivity contribution in [3.8, 4) is 0 Å². The van der Waals surface area contributed by atoms with E-state index >= 15 is 0 Å². The minimum absolute atomic E-state index is 0.279. The fourth-order valence-corrected chi connectivity index (χ4v) is 3.48. The number of fused-ring (bicyclic) bond motifs is 1. The fourth-order valence-electron chi connectivity index (χ4n) is 2.45. The maximum Gasteiger partial charge on any atom is 0.0329 e. The van der Waals surface area contributed by atoms with Crippen LogP contribution in [0.1, 0.15) is 36.9 Å². The Bertz CT molecular complexity index is 449. The molecular formula is C14H20BrNOS. The second kappa shape index (κ2) is 6.31. The third-order valence-electron chi connectivity index (χ3n) is 3.72. The van der Waals surface area contributed by atoms with Crippen LogP contribution in [0, 0.1) is 0 Å². The first kappa shape index (κ1) is 14.2. The van der Waals surface area contributed by atoms with Gasteiger partial charge in [0, 0.05) is 32.8 Å². The van der Waals surface area contributed by atoms with E-state index in [0.29, 0.717) is 6.04 Å². The van der Waals surface area contributed by atoms with Crippen molar-refractivity contribution in [2.75, 3.05) is 12.8 Å². The van der Waals surface area contributed by atoms with Crippen LogP contribution in [0.2, 0.25) is 0 Å². The van der Waals surface area contributed by atoms with Crippen molar-refractivity contribution in [3.05, 3.63) is 33.8 Å². The van der Waals surface area contributed by atoms with Crippen molar-refractivity contribution in [3.63, 3.8) is 0 Å².